The summed E-state index contributed by atoms with van der Waals surface area (Å²) < 4.78 is 6.27. The van der Waals surface area contributed by atoms with Crippen molar-refractivity contribution >= 4 is 0 Å². The van der Waals surface area contributed by atoms with Crippen LogP contribution in [-0.4, -0.2) is 24.8 Å². The molecule has 4 unspecified atom stereocenters. The van der Waals surface area contributed by atoms with E-state index in [0.29, 0.717) is 23.7 Å². The van der Waals surface area contributed by atoms with E-state index >= 15 is 0 Å². The van der Waals surface area contributed by atoms with E-state index in [1.54, 1.807) is 0 Å². The van der Waals surface area contributed by atoms with Crippen molar-refractivity contribution in [2.24, 2.45) is 11.3 Å². The minimum atomic E-state index is 0.366. The maximum Gasteiger partial charge on any atom is 0.0586 e. The van der Waals surface area contributed by atoms with E-state index in [1.807, 2.05) is 0 Å². The number of hydrogen-bond acceptors (Lipinski definition) is 2. The molecule has 0 radical (unpaired) electrons. The lowest BCUT2D eigenvalue weighted by Crippen LogP contribution is -2.36. The molecule has 0 aliphatic heterocycles. The van der Waals surface area contributed by atoms with Crippen molar-refractivity contribution in [1.82, 2.24) is 5.32 Å². The van der Waals surface area contributed by atoms with Crippen LogP contribution in [0.3, 0.4) is 0 Å². The van der Waals surface area contributed by atoms with Gasteiger partial charge in [0.05, 0.1) is 12.2 Å². The zero-order valence-corrected chi connectivity index (χ0v) is 13.3. The Morgan fingerprint density at radius 1 is 1.28 bits per heavy atom. The molecule has 1 rings (SSSR count). The third-order valence-corrected chi connectivity index (χ3v) is 4.01. The van der Waals surface area contributed by atoms with Crippen LogP contribution in [0, 0.1) is 11.3 Å². The summed E-state index contributed by atoms with van der Waals surface area (Å²) in [4.78, 5) is 0. The zero-order chi connectivity index (χ0) is 13.8. The molecule has 2 nitrogen and oxygen atoms in total. The fourth-order valence-corrected chi connectivity index (χ4v) is 3.68. The summed E-state index contributed by atoms with van der Waals surface area (Å²) in [5, 5.41) is 3.46. The van der Waals surface area contributed by atoms with Crippen LogP contribution in [0.1, 0.15) is 67.2 Å². The Hall–Kier alpha value is -0.0800. The average molecular weight is 255 g/mol. The molecular formula is C16H33NO. The molecule has 0 bridgehead atoms. The first kappa shape index (κ1) is 16.0. The summed E-state index contributed by atoms with van der Waals surface area (Å²) in [6, 6.07) is 0.555. The highest BCUT2D eigenvalue weighted by atomic mass is 16.5. The first-order chi connectivity index (χ1) is 8.32. The molecule has 108 valence electrons. The number of ether oxygens (including phenoxy) is 1. The normalized spacial score (nSPS) is 31.0. The highest BCUT2D eigenvalue weighted by Crippen LogP contribution is 2.40. The van der Waals surface area contributed by atoms with Crippen LogP contribution in [0.25, 0.3) is 0 Å². The van der Waals surface area contributed by atoms with Crippen molar-refractivity contribution in [1.29, 1.82) is 0 Å². The van der Waals surface area contributed by atoms with Crippen LogP contribution in [0.4, 0.5) is 0 Å². The second-order valence-electron chi connectivity index (χ2n) is 7.18. The maximum atomic E-state index is 6.27. The standard InChI is InChI=1S/C16H33NO/c1-7-17-13(3)9-14(4)18-15-8-12(2)10-16(5,6)11-15/h12-15,17H,7-11H2,1-6H3. The van der Waals surface area contributed by atoms with Crippen LogP contribution >= 0.6 is 0 Å². The number of rotatable bonds is 6. The van der Waals surface area contributed by atoms with Gasteiger partial charge in [0.15, 0.2) is 0 Å². The minimum Gasteiger partial charge on any atom is -0.375 e. The Bertz CT molecular complexity index is 239. The van der Waals surface area contributed by atoms with E-state index in [9.17, 15) is 0 Å². The second kappa shape index (κ2) is 6.91. The molecule has 1 fully saturated rings. The molecule has 0 aromatic rings. The summed E-state index contributed by atoms with van der Waals surface area (Å²) in [5.41, 5.74) is 0.454. The van der Waals surface area contributed by atoms with Crippen LogP contribution in [0.15, 0.2) is 0 Å². The van der Waals surface area contributed by atoms with Gasteiger partial charge in [0, 0.05) is 6.04 Å². The third kappa shape index (κ3) is 5.71. The lowest BCUT2D eigenvalue weighted by Gasteiger charge is -2.40. The SMILES string of the molecule is CCNC(C)CC(C)OC1CC(C)CC(C)(C)C1. The molecule has 4 atom stereocenters. The monoisotopic (exact) mass is 255 g/mol. The van der Waals surface area contributed by atoms with E-state index in [4.69, 9.17) is 4.74 Å². The summed E-state index contributed by atoms with van der Waals surface area (Å²) in [5.74, 6) is 0.803. The Morgan fingerprint density at radius 3 is 2.50 bits per heavy atom. The fourth-order valence-electron chi connectivity index (χ4n) is 3.68. The van der Waals surface area contributed by atoms with Crippen molar-refractivity contribution in [3.8, 4) is 0 Å². The van der Waals surface area contributed by atoms with Gasteiger partial charge in [0.25, 0.3) is 0 Å². The summed E-state index contributed by atoms with van der Waals surface area (Å²) in [6.45, 7) is 14.8. The molecule has 0 aromatic heterocycles. The predicted octanol–water partition coefficient (Wildman–Crippen LogP) is 3.99. The first-order valence-electron chi connectivity index (χ1n) is 7.71. The van der Waals surface area contributed by atoms with Crippen LogP contribution in [0.2, 0.25) is 0 Å². The summed E-state index contributed by atoms with van der Waals surface area (Å²) >= 11 is 0. The van der Waals surface area contributed by atoms with E-state index < -0.39 is 0 Å². The quantitative estimate of drug-likeness (QED) is 0.774. The van der Waals surface area contributed by atoms with Gasteiger partial charge in [-0.15, -0.1) is 0 Å². The van der Waals surface area contributed by atoms with Gasteiger partial charge >= 0.3 is 0 Å². The molecule has 0 amide bonds. The van der Waals surface area contributed by atoms with E-state index in [0.717, 1.165) is 18.9 Å². The molecule has 1 N–H and O–H groups in total. The molecule has 0 saturated heterocycles. The molecule has 0 spiro atoms. The highest BCUT2D eigenvalue weighted by Gasteiger charge is 2.33. The Balaban J connectivity index is 2.37. The average Bonchev–Trinajstić information content (AvgIpc) is 2.12. The number of nitrogens with one attached hydrogen (secondary N) is 1. The van der Waals surface area contributed by atoms with Crippen molar-refractivity contribution in [2.45, 2.75) is 85.5 Å². The predicted molar refractivity (Wildman–Crippen MR) is 78.9 cm³/mol. The maximum absolute atomic E-state index is 6.27. The summed E-state index contributed by atoms with van der Waals surface area (Å²) in [7, 11) is 0. The van der Waals surface area contributed by atoms with Gasteiger partial charge in [-0.3, -0.25) is 0 Å². The van der Waals surface area contributed by atoms with Crippen LogP contribution in [0.5, 0.6) is 0 Å². The van der Waals surface area contributed by atoms with E-state index in [1.165, 1.54) is 19.3 Å². The second-order valence-corrected chi connectivity index (χ2v) is 7.18. The molecule has 1 aliphatic rings. The Labute approximate surface area is 114 Å². The van der Waals surface area contributed by atoms with Gasteiger partial charge in [0.2, 0.25) is 0 Å². The summed E-state index contributed by atoms with van der Waals surface area (Å²) in [6.07, 6.45) is 5.74. The molecule has 0 aromatic carbocycles. The third-order valence-electron chi connectivity index (χ3n) is 4.01. The van der Waals surface area contributed by atoms with E-state index in [2.05, 4.69) is 46.9 Å². The van der Waals surface area contributed by atoms with Gasteiger partial charge in [-0.1, -0.05) is 27.7 Å². The van der Waals surface area contributed by atoms with Gasteiger partial charge in [-0.25, -0.2) is 0 Å². The largest absolute Gasteiger partial charge is 0.375 e. The Morgan fingerprint density at radius 2 is 1.94 bits per heavy atom. The fraction of sp³-hybridized carbons (Fsp3) is 1.00. The highest BCUT2D eigenvalue weighted by molar-refractivity contribution is 4.84. The zero-order valence-electron chi connectivity index (χ0n) is 13.3. The molecule has 1 saturated carbocycles. The van der Waals surface area contributed by atoms with Crippen LogP contribution < -0.4 is 5.32 Å². The Kier molecular flexibility index (Phi) is 6.13. The molecule has 2 heteroatoms. The smallest absolute Gasteiger partial charge is 0.0586 e. The molecule has 0 heterocycles. The molecule has 18 heavy (non-hydrogen) atoms. The van der Waals surface area contributed by atoms with Gasteiger partial charge in [0.1, 0.15) is 0 Å². The minimum absolute atomic E-state index is 0.366. The van der Waals surface area contributed by atoms with Gasteiger partial charge < -0.3 is 10.1 Å². The van der Waals surface area contributed by atoms with Crippen molar-refractivity contribution < 1.29 is 4.74 Å². The van der Waals surface area contributed by atoms with Crippen molar-refractivity contribution in [2.75, 3.05) is 6.54 Å². The van der Waals surface area contributed by atoms with E-state index in [-0.39, 0.29) is 0 Å². The van der Waals surface area contributed by atoms with Crippen LogP contribution in [-0.2, 0) is 4.74 Å². The van der Waals surface area contributed by atoms with Gasteiger partial charge in [-0.2, -0.15) is 0 Å². The molecular weight excluding hydrogens is 222 g/mol. The lowest BCUT2D eigenvalue weighted by molar-refractivity contribution is -0.0631. The van der Waals surface area contributed by atoms with Crippen molar-refractivity contribution in [3.63, 3.8) is 0 Å². The number of hydrogen-bond donors (Lipinski definition) is 1. The lowest BCUT2D eigenvalue weighted by atomic mass is 9.71. The molecule has 1 aliphatic carbocycles. The van der Waals surface area contributed by atoms with Crippen molar-refractivity contribution in [3.05, 3.63) is 0 Å². The first-order valence-corrected chi connectivity index (χ1v) is 7.71. The topological polar surface area (TPSA) is 21.3 Å². The van der Waals surface area contributed by atoms with Gasteiger partial charge in [-0.05, 0) is 57.4 Å².